The molecule has 19 heavy (non-hydrogen) atoms. The lowest BCUT2D eigenvalue weighted by molar-refractivity contribution is -0.121. The molecule has 0 unspecified atom stereocenters. The minimum atomic E-state index is 0.250. The summed E-state index contributed by atoms with van der Waals surface area (Å²) >= 11 is 0. The third-order valence-corrected chi connectivity index (χ3v) is 4.58. The van der Waals surface area contributed by atoms with Gasteiger partial charge in [0.2, 0.25) is 5.91 Å². The van der Waals surface area contributed by atoms with E-state index in [0.717, 1.165) is 18.5 Å². The molecule has 1 saturated heterocycles. The van der Waals surface area contributed by atoms with E-state index >= 15 is 0 Å². The Morgan fingerprint density at radius 1 is 1.00 bits per heavy atom. The summed E-state index contributed by atoms with van der Waals surface area (Å²) in [6.07, 6.45) is 8.41. The summed E-state index contributed by atoms with van der Waals surface area (Å²) in [6.45, 7) is 4.50. The Morgan fingerprint density at radius 2 is 1.68 bits per heavy atom. The SMILES string of the molecule is O=C(CCN1CCC(CNC2CC2)CC1)NC1CC1. The summed E-state index contributed by atoms with van der Waals surface area (Å²) in [6, 6.07) is 1.34. The van der Waals surface area contributed by atoms with Crippen LogP contribution >= 0.6 is 0 Å². The first-order valence-corrected chi connectivity index (χ1v) is 8.05. The van der Waals surface area contributed by atoms with Crippen molar-refractivity contribution in [2.24, 2.45) is 5.92 Å². The van der Waals surface area contributed by atoms with Crippen molar-refractivity contribution in [3.05, 3.63) is 0 Å². The monoisotopic (exact) mass is 265 g/mol. The molecule has 2 N–H and O–H groups in total. The topological polar surface area (TPSA) is 44.4 Å². The number of amides is 1. The Kier molecular flexibility index (Phi) is 4.38. The van der Waals surface area contributed by atoms with Crippen molar-refractivity contribution in [3.63, 3.8) is 0 Å². The molecule has 2 saturated carbocycles. The molecule has 1 aliphatic heterocycles. The Bertz CT molecular complexity index is 305. The lowest BCUT2D eigenvalue weighted by Crippen LogP contribution is -2.39. The van der Waals surface area contributed by atoms with Crippen LogP contribution in [0.3, 0.4) is 0 Å². The molecule has 3 fully saturated rings. The third kappa shape index (κ3) is 4.77. The van der Waals surface area contributed by atoms with Crippen molar-refractivity contribution in [3.8, 4) is 0 Å². The van der Waals surface area contributed by atoms with Gasteiger partial charge >= 0.3 is 0 Å². The molecule has 0 atom stereocenters. The zero-order valence-corrected chi connectivity index (χ0v) is 11.9. The van der Waals surface area contributed by atoms with Gasteiger partial charge in [-0.2, -0.15) is 0 Å². The van der Waals surface area contributed by atoms with E-state index in [0.29, 0.717) is 12.5 Å². The van der Waals surface area contributed by atoms with Crippen LogP contribution < -0.4 is 10.6 Å². The average molecular weight is 265 g/mol. The summed E-state index contributed by atoms with van der Waals surface area (Å²) in [5.41, 5.74) is 0. The number of nitrogens with one attached hydrogen (secondary N) is 2. The van der Waals surface area contributed by atoms with E-state index in [1.807, 2.05) is 0 Å². The lowest BCUT2D eigenvalue weighted by atomic mass is 9.96. The summed E-state index contributed by atoms with van der Waals surface area (Å²) in [4.78, 5) is 14.1. The highest BCUT2D eigenvalue weighted by atomic mass is 16.1. The van der Waals surface area contributed by atoms with Gasteiger partial charge in [0, 0.05) is 25.0 Å². The van der Waals surface area contributed by atoms with Gasteiger partial charge in [-0.25, -0.2) is 0 Å². The van der Waals surface area contributed by atoms with Crippen molar-refractivity contribution in [1.82, 2.24) is 15.5 Å². The molecular formula is C15H27N3O. The van der Waals surface area contributed by atoms with Crippen molar-refractivity contribution in [1.29, 1.82) is 0 Å². The van der Waals surface area contributed by atoms with Crippen LogP contribution in [0.25, 0.3) is 0 Å². The molecule has 4 heteroatoms. The van der Waals surface area contributed by atoms with Crippen LogP contribution in [0.5, 0.6) is 0 Å². The minimum Gasteiger partial charge on any atom is -0.353 e. The fourth-order valence-electron chi connectivity index (χ4n) is 2.82. The molecule has 3 aliphatic rings. The van der Waals surface area contributed by atoms with Crippen molar-refractivity contribution >= 4 is 5.91 Å². The molecule has 3 rings (SSSR count). The largest absolute Gasteiger partial charge is 0.353 e. The minimum absolute atomic E-state index is 0.250. The standard InChI is InChI=1S/C15H27N3O/c19-15(17-14-3-4-14)7-10-18-8-5-12(6-9-18)11-16-13-1-2-13/h12-14,16H,1-11H2,(H,17,19). The molecule has 0 radical (unpaired) electrons. The molecule has 2 aliphatic carbocycles. The Labute approximate surface area is 116 Å². The predicted molar refractivity (Wildman–Crippen MR) is 76.0 cm³/mol. The van der Waals surface area contributed by atoms with E-state index in [9.17, 15) is 4.79 Å². The maximum atomic E-state index is 11.6. The maximum absolute atomic E-state index is 11.6. The number of hydrogen-bond donors (Lipinski definition) is 2. The van der Waals surface area contributed by atoms with E-state index in [1.165, 1.54) is 58.2 Å². The smallest absolute Gasteiger partial charge is 0.221 e. The van der Waals surface area contributed by atoms with Crippen molar-refractivity contribution < 1.29 is 4.79 Å². The quantitative estimate of drug-likeness (QED) is 0.725. The molecule has 108 valence electrons. The van der Waals surface area contributed by atoms with E-state index in [2.05, 4.69) is 15.5 Å². The van der Waals surface area contributed by atoms with Crippen LogP contribution in [0, 0.1) is 5.92 Å². The number of piperidine rings is 1. The van der Waals surface area contributed by atoms with Crippen LogP contribution in [0.1, 0.15) is 44.9 Å². The maximum Gasteiger partial charge on any atom is 0.221 e. The van der Waals surface area contributed by atoms with E-state index < -0.39 is 0 Å². The number of nitrogens with zero attached hydrogens (tertiary/aromatic N) is 1. The van der Waals surface area contributed by atoms with E-state index in [1.54, 1.807) is 0 Å². The normalized spacial score (nSPS) is 25.5. The second-order valence-corrected chi connectivity index (χ2v) is 6.56. The van der Waals surface area contributed by atoms with E-state index in [4.69, 9.17) is 0 Å². The summed E-state index contributed by atoms with van der Waals surface area (Å²) < 4.78 is 0. The Morgan fingerprint density at radius 3 is 2.32 bits per heavy atom. The highest BCUT2D eigenvalue weighted by Crippen LogP contribution is 2.22. The fraction of sp³-hybridized carbons (Fsp3) is 0.933. The van der Waals surface area contributed by atoms with Gasteiger partial charge in [-0.15, -0.1) is 0 Å². The van der Waals surface area contributed by atoms with Crippen LogP contribution in [0.2, 0.25) is 0 Å². The molecule has 1 heterocycles. The molecule has 0 aromatic heterocycles. The first-order valence-electron chi connectivity index (χ1n) is 8.05. The van der Waals surface area contributed by atoms with Gasteiger partial charge < -0.3 is 15.5 Å². The number of carbonyl (C=O) groups is 1. The Hall–Kier alpha value is -0.610. The number of hydrogen-bond acceptors (Lipinski definition) is 3. The molecule has 0 aromatic carbocycles. The summed E-state index contributed by atoms with van der Waals surface area (Å²) in [5.74, 6) is 1.11. The molecular weight excluding hydrogens is 238 g/mol. The zero-order valence-electron chi connectivity index (χ0n) is 11.9. The van der Waals surface area contributed by atoms with Crippen LogP contribution in [-0.2, 0) is 4.79 Å². The van der Waals surface area contributed by atoms with Gasteiger partial charge in [-0.3, -0.25) is 4.79 Å². The van der Waals surface area contributed by atoms with Gasteiger partial charge in [0.15, 0.2) is 0 Å². The van der Waals surface area contributed by atoms with Gasteiger partial charge in [-0.05, 0) is 64.1 Å². The number of likely N-dealkylation sites (tertiary alicyclic amines) is 1. The molecule has 1 amide bonds. The lowest BCUT2D eigenvalue weighted by Gasteiger charge is -2.31. The van der Waals surface area contributed by atoms with Crippen molar-refractivity contribution in [2.45, 2.75) is 57.0 Å². The number of carbonyl (C=O) groups excluding carboxylic acids is 1. The first-order chi connectivity index (χ1) is 9.29. The second kappa shape index (κ2) is 6.23. The fourth-order valence-corrected chi connectivity index (χ4v) is 2.82. The predicted octanol–water partition coefficient (Wildman–Crippen LogP) is 1.12. The summed E-state index contributed by atoms with van der Waals surface area (Å²) in [5, 5.41) is 6.70. The second-order valence-electron chi connectivity index (χ2n) is 6.56. The van der Waals surface area contributed by atoms with Gasteiger partial charge in [0.25, 0.3) is 0 Å². The molecule has 0 aromatic rings. The molecule has 4 nitrogen and oxygen atoms in total. The van der Waals surface area contributed by atoms with E-state index in [-0.39, 0.29) is 5.91 Å². The average Bonchev–Trinajstić information content (AvgIpc) is 3.30. The highest BCUT2D eigenvalue weighted by molar-refractivity contribution is 5.76. The van der Waals surface area contributed by atoms with Gasteiger partial charge in [0.1, 0.15) is 0 Å². The first kappa shape index (κ1) is 13.4. The van der Waals surface area contributed by atoms with Crippen LogP contribution in [0.15, 0.2) is 0 Å². The molecule has 0 bridgehead atoms. The molecule has 0 spiro atoms. The van der Waals surface area contributed by atoms with Gasteiger partial charge in [0.05, 0.1) is 0 Å². The Balaban J connectivity index is 1.25. The van der Waals surface area contributed by atoms with Crippen LogP contribution in [0.4, 0.5) is 0 Å². The number of rotatable bonds is 7. The third-order valence-electron chi connectivity index (χ3n) is 4.58. The summed E-state index contributed by atoms with van der Waals surface area (Å²) in [7, 11) is 0. The van der Waals surface area contributed by atoms with Crippen LogP contribution in [-0.4, -0.2) is 49.1 Å². The van der Waals surface area contributed by atoms with Crippen molar-refractivity contribution in [2.75, 3.05) is 26.2 Å². The highest BCUT2D eigenvalue weighted by Gasteiger charge is 2.25. The van der Waals surface area contributed by atoms with Gasteiger partial charge in [-0.1, -0.05) is 0 Å². The zero-order chi connectivity index (χ0) is 13.1.